The number of unbranched alkanes of at least 4 members (excludes halogenated alkanes) is 1. The van der Waals surface area contributed by atoms with Gasteiger partial charge in [0.25, 0.3) is 10.0 Å². The SMILES string of the molecule is CCCCOc1ccc(/C=N\N(C)C2=NS(=O)(=O)c3ccccc32)cc1. The molecule has 0 unspecified atom stereocenters. The second kappa shape index (κ2) is 7.70. The maximum absolute atomic E-state index is 12.1. The fourth-order valence-electron chi connectivity index (χ4n) is 2.51. The van der Waals surface area contributed by atoms with Crippen LogP contribution < -0.4 is 4.74 Å². The summed E-state index contributed by atoms with van der Waals surface area (Å²) in [5.41, 5.74) is 1.45. The quantitative estimate of drug-likeness (QED) is 0.444. The Morgan fingerprint density at radius 2 is 1.88 bits per heavy atom. The summed E-state index contributed by atoms with van der Waals surface area (Å²) in [5, 5.41) is 5.79. The molecule has 1 aliphatic heterocycles. The molecule has 136 valence electrons. The Morgan fingerprint density at radius 3 is 2.62 bits per heavy atom. The normalized spacial score (nSPS) is 14.9. The highest BCUT2D eigenvalue weighted by atomic mass is 32.2. The summed E-state index contributed by atoms with van der Waals surface area (Å²) in [4.78, 5) is 0.214. The molecule has 2 aromatic carbocycles. The summed E-state index contributed by atoms with van der Waals surface area (Å²) >= 11 is 0. The summed E-state index contributed by atoms with van der Waals surface area (Å²) < 4.78 is 33.7. The molecule has 26 heavy (non-hydrogen) atoms. The van der Waals surface area contributed by atoms with Crippen LogP contribution in [0.2, 0.25) is 0 Å². The zero-order valence-corrected chi connectivity index (χ0v) is 15.6. The highest BCUT2D eigenvalue weighted by Crippen LogP contribution is 2.27. The number of ether oxygens (including phenoxy) is 1. The average molecular weight is 371 g/mol. The molecule has 0 amide bonds. The van der Waals surface area contributed by atoms with Crippen LogP contribution in [0.4, 0.5) is 0 Å². The van der Waals surface area contributed by atoms with E-state index in [1.54, 1.807) is 37.5 Å². The van der Waals surface area contributed by atoms with Crippen LogP contribution in [0.3, 0.4) is 0 Å². The van der Waals surface area contributed by atoms with Crippen LogP contribution in [0.5, 0.6) is 5.75 Å². The summed E-state index contributed by atoms with van der Waals surface area (Å²) in [7, 11) is -1.97. The number of amidine groups is 1. The van der Waals surface area contributed by atoms with E-state index in [2.05, 4.69) is 16.4 Å². The molecule has 0 atom stereocenters. The molecule has 1 aliphatic rings. The summed E-state index contributed by atoms with van der Waals surface area (Å²) in [5.74, 6) is 1.14. The second-order valence-corrected chi connectivity index (χ2v) is 7.50. The Hall–Kier alpha value is -2.67. The molecule has 0 saturated carbocycles. The van der Waals surface area contributed by atoms with Crippen molar-refractivity contribution in [2.75, 3.05) is 13.7 Å². The third-order valence-electron chi connectivity index (χ3n) is 3.95. The van der Waals surface area contributed by atoms with E-state index in [0.717, 1.165) is 24.2 Å². The Kier molecular flexibility index (Phi) is 5.37. The summed E-state index contributed by atoms with van der Waals surface area (Å²) in [6.45, 7) is 2.83. The lowest BCUT2D eigenvalue weighted by molar-refractivity contribution is 0.309. The van der Waals surface area contributed by atoms with Gasteiger partial charge in [-0.05, 0) is 48.4 Å². The fourth-order valence-corrected chi connectivity index (χ4v) is 3.74. The van der Waals surface area contributed by atoms with Crippen molar-refractivity contribution in [3.05, 3.63) is 59.7 Å². The monoisotopic (exact) mass is 371 g/mol. The van der Waals surface area contributed by atoms with Crippen LogP contribution in [0.25, 0.3) is 0 Å². The molecule has 1 heterocycles. The minimum Gasteiger partial charge on any atom is -0.494 e. The standard InChI is InChI=1S/C19H21N3O3S/c1-3-4-13-25-16-11-9-15(10-12-16)14-20-22(2)19-17-7-5-6-8-18(17)26(23,24)21-19/h5-12,14H,3-4,13H2,1-2H3/b20-14-. The van der Waals surface area contributed by atoms with Crippen LogP contribution in [-0.4, -0.2) is 39.1 Å². The van der Waals surface area contributed by atoms with Crippen LogP contribution in [-0.2, 0) is 10.0 Å². The van der Waals surface area contributed by atoms with E-state index in [0.29, 0.717) is 18.0 Å². The van der Waals surface area contributed by atoms with Crippen molar-refractivity contribution < 1.29 is 13.2 Å². The second-order valence-electron chi connectivity index (χ2n) is 5.93. The largest absolute Gasteiger partial charge is 0.494 e. The molecule has 6 nitrogen and oxygen atoms in total. The van der Waals surface area contributed by atoms with E-state index in [9.17, 15) is 8.42 Å². The van der Waals surface area contributed by atoms with E-state index in [1.807, 2.05) is 24.3 Å². The molecule has 0 aliphatic carbocycles. The van der Waals surface area contributed by atoms with Gasteiger partial charge in [-0.1, -0.05) is 25.5 Å². The van der Waals surface area contributed by atoms with Crippen molar-refractivity contribution in [3.63, 3.8) is 0 Å². The van der Waals surface area contributed by atoms with Gasteiger partial charge in [-0.15, -0.1) is 4.40 Å². The van der Waals surface area contributed by atoms with Gasteiger partial charge in [0.1, 0.15) is 10.6 Å². The predicted octanol–water partition coefficient (Wildman–Crippen LogP) is 3.28. The van der Waals surface area contributed by atoms with Crippen molar-refractivity contribution in [2.24, 2.45) is 9.50 Å². The number of hydrazone groups is 1. The van der Waals surface area contributed by atoms with Crippen molar-refractivity contribution in [2.45, 2.75) is 24.7 Å². The molecule has 0 aromatic heterocycles. The van der Waals surface area contributed by atoms with E-state index in [-0.39, 0.29) is 4.90 Å². The van der Waals surface area contributed by atoms with Crippen LogP contribution in [0, 0.1) is 0 Å². The molecule has 0 fully saturated rings. The van der Waals surface area contributed by atoms with Gasteiger partial charge in [-0.25, -0.2) is 5.01 Å². The lowest BCUT2D eigenvalue weighted by Crippen LogP contribution is -2.21. The van der Waals surface area contributed by atoms with Crippen LogP contribution >= 0.6 is 0 Å². The first kappa shape index (κ1) is 18.1. The molecule has 7 heteroatoms. The van der Waals surface area contributed by atoms with E-state index in [4.69, 9.17) is 4.74 Å². The minimum atomic E-state index is -3.64. The smallest absolute Gasteiger partial charge is 0.285 e. The molecule has 3 rings (SSSR count). The maximum atomic E-state index is 12.1. The Balaban J connectivity index is 1.71. The third kappa shape index (κ3) is 3.94. The van der Waals surface area contributed by atoms with Crippen molar-refractivity contribution in [1.29, 1.82) is 0 Å². The number of benzene rings is 2. The number of hydrogen-bond acceptors (Lipinski definition) is 5. The van der Waals surface area contributed by atoms with Crippen molar-refractivity contribution in [1.82, 2.24) is 5.01 Å². The minimum absolute atomic E-state index is 0.214. The number of sulfonamides is 1. The highest BCUT2D eigenvalue weighted by Gasteiger charge is 2.30. The van der Waals surface area contributed by atoms with Gasteiger partial charge in [0.05, 0.1) is 12.8 Å². The topological polar surface area (TPSA) is 71.3 Å². The van der Waals surface area contributed by atoms with Gasteiger partial charge in [0.2, 0.25) is 0 Å². The van der Waals surface area contributed by atoms with Crippen LogP contribution in [0.15, 0.2) is 62.9 Å². The Labute approximate surface area is 153 Å². The van der Waals surface area contributed by atoms with Crippen molar-refractivity contribution >= 4 is 22.1 Å². The van der Waals surface area contributed by atoms with Crippen LogP contribution in [0.1, 0.15) is 30.9 Å². The van der Waals surface area contributed by atoms with Gasteiger partial charge in [-0.2, -0.15) is 13.5 Å². The number of hydrogen-bond donors (Lipinski definition) is 0. The Morgan fingerprint density at radius 1 is 1.15 bits per heavy atom. The van der Waals surface area contributed by atoms with Gasteiger partial charge >= 0.3 is 0 Å². The first-order chi connectivity index (χ1) is 12.5. The molecule has 2 aromatic rings. The third-order valence-corrected chi connectivity index (χ3v) is 5.27. The molecular weight excluding hydrogens is 350 g/mol. The predicted molar refractivity (Wildman–Crippen MR) is 102 cm³/mol. The molecular formula is C19H21N3O3S. The number of fused-ring (bicyclic) bond motifs is 1. The Bertz CT molecular complexity index is 935. The van der Waals surface area contributed by atoms with Gasteiger partial charge < -0.3 is 4.74 Å². The highest BCUT2D eigenvalue weighted by molar-refractivity contribution is 7.90. The van der Waals surface area contributed by atoms with Crippen molar-refractivity contribution in [3.8, 4) is 5.75 Å². The van der Waals surface area contributed by atoms with E-state index >= 15 is 0 Å². The molecule has 0 N–H and O–H groups in total. The molecule has 0 radical (unpaired) electrons. The first-order valence-corrected chi connectivity index (χ1v) is 9.90. The summed E-state index contributed by atoms with van der Waals surface area (Å²) in [6, 6.07) is 14.3. The number of rotatable bonds is 6. The average Bonchev–Trinajstić information content (AvgIpc) is 2.93. The molecule has 0 saturated heterocycles. The van der Waals surface area contributed by atoms with E-state index in [1.165, 1.54) is 5.01 Å². The van der Waals surface area contributed by atoms with Gasteiger partial charge in [-0.3, -0.25) is 0 Å². The fraction of sp³-hybridized carbons (Fsp3) is 0.263. The number of nitrogens with zero attached hydrogens (tertiary/aromatic N) is 3. The van der Waals surface area contributed by atoms with Gasteiger partial charge in [0.15, 0.2) is 5.84 Å². The van der Waals surface area contributed by atoms with Gasteiger partial charge in [0, 0.05) is 12.6 Å². The lowest BCUT2D eigenvalue weighted by atomic mass is 10.2. The molecule has 0 spiro atoms. The lowest BCUT2D eigenvalue weighted by Gasteiger charge is -2.12. The summed E-state index contributed by atoms with van der Waals surface area (Å²) in [6.07, 6.45) is 3.78. The first-order valence-electron chi connectivity index (χ1n) is 8.46. The van der Waals surface area contributed by atoms with E-state index < -0.39 is 10.0 Å². The molecule has 0 bridgehead atoms. The zero-order chi connectivity index (χ0) is 18.6. The zero-order valence-electron chi connectivity index (χ0n) is 14.8. The maximum Gasteiger partial charge on any atom is 0.285 e.